The van der Waals surface area contributed by atoms with Gasteiger partial charge in [-0.1, -0.05) is 41.6 Å². The lowest BCUT2D eigenvalue weighted by Crippen LogP contribution is -2.24. The van der Waals surface area contributed by atoms with Gasteiger partial charge in [-0.25, -0.2) is 0 Å². The minimum atomic E-state index is -0.0380. The Hall–Kier alpha value is -2.95. The fraction of sp³-hybridized carbons (Fsp3) is 0.167. The van der Waals surface area contributed by atoms with Crippen molar-refractivity contribution in [1.29, 1.82) is 0 Å². The average molecular weight is 305 g/mol. The molecule has 1 aliphatic heterocycles. The van der Waals surface area contributed by atoms with Crippen molar-refractivity contribution in [1.82, 2.24) is 10.1 Å². The Morgan fingerprint density at radius 2 is 1.70 bits per heavy atom. The summed E-state index contributed by atoms with van der Waals surface area (Å²) in [6.45, 7) is 0.580. The molecule has 23 heavy (non-hydrogen) atoms. The quantitative estimate of drug-likeness (QED) is 0.745. The van der Waals surface area contributed by atoms with Gasteiger partial charge in [0.05, 0.1) is 0 Å². The van der Waals surface area contributed by atoms with Crippen LogP contribution >= 0.6 is 0 Å². The highest BCUT2D eigenvalue weighted by Gasteiger charge is 2.34. The van der Waals surface area contributed by atoms with Crippen LogP contribution in [0.4, 0.5) is 5.69 Å². The number of benzene rings is 2. The first-order valence-electron chi connectivity index (χ1n) is 7.56. The van der Waals surface area contributed by atoms with Crippen LogP contribution in [0.5, 0.6) is 0 Å². The van der Waals surface area contributed by atoms with Gasteiger partial charge in [0.1, 0.15) is 0 Å². The van der Waals surface area contributed by atoms with Crippen LogP contribution in [0.25, 0.3) is 11.5 Å². The van der Waals surface area contributed by atoms with Crippen LogP contribution in [0.1, 0.15) is 18.2 Å². The monoisotopic (exact) mass is 305 g/mol. The van der Waals surface area contributed by atoms with E-state index in [4.69, 9.17) is 4.52 Å². The normalized spacial score (nSPS) is 17.7. The van der Waals surface area contributed by atoms with Gasteiger partial charge in [-0.15, -0.1) is 0 Å². The largest absolute Gasteiger partial charge is 0.334 e. The highest BCUT2D eigenvalue weighted by molar-refractivity contribution is 5.96. The first-order valence-corrected chi connectivity index (χ1v) is 7.56. The van der Waals surface area contributed by atoms with Crippen LogP contribution in [0, 0.1) is 0 Å². The highest BCUT2D eigenvalue weighted by atomic mass is 16.5. The Balaban J connectivity index is 1.56. The van der Waals surface area contributed by atoms with Crippen LogP contribution in [0.3, 0.4) is 0 Å². The van der Waals surface area contributed by atoms with E-state index in [9.17, 15) is 4.79 Å². The standard InChI is InChI=1S/C18H15N3O2/c22-16-11-14(12-21(16)15-9-5-2-6-10-15)17-19-18(23-20-17)13-7-3-1-4-8-13/h1-10,14H,11-12H2. The topological polar surface area (TPSA) is 59.2 Å². The lowest BCUT2D eigenvalue weighted by atomic mass is 10.1. The SMILES string of the molecule is O=C1CC(c2noc(-c3ccccc3)n2)CN1c1ccccc1. The van der Waals surface area contributed by atoms with E-state index in [1.165, 1.54) is 0 Å². The summed E-state index contributed by atoms with van der Waals surface area (Å²) in [5, 5.41) is 4.07. The molecule has 0 radical (unpaired) electrons. The van der Waals surface area contributed by atoms with Crippen molar-refractivity contribution in [3.63, 3.8) is 0 Å². The average Bonchev–Trinajstić information content (AvgIpc) is 3.23. The third-order valence-corrected chi connectivity index (χ3v) is 4.02. The van der Waals surface area contributed by atoms with Crippen LogP contribution < -0.4 is 4.90 Å². The molecule has 0 saturated carbocycles. The summed E-state index contributed by atoms with van der Waals surface area (Å²) >= 11 is 0. The molecule has 1 aliphatic rings. The predicted octanol–water partition coefficient (Wildman–Crippen LogP) is 3.26. The van der Waals surface area contributed by atoms with E-state index < -0.39 is 0 Å². The second-order valence-electron chi connectivity index (χ2n) is 5.56. The molecular weight excluding hydrogens is 290 g/mol. The van der Waals surface area contributed by atoms with Gasteiger partial charge in [0, 0.05) is 30.1 Å². The van der Waals surface area contributed by atoms with Gasteiger partial charge in [-0.05, 0) is 24.3 Å². The first-order chi connectivity index (χ1) is 11.3. The fourth-order valence-corrected chi connectivity index (χ4v) is 2.84. The Labute approximate surface area is 133 Å². The summed E-state index contributed by atoms with van der Waals surface area (Å²) in [6, 6.07) is 19.3. The zero-order chi connectivity index (χ0) is 15.6. The smallest absolute Gasteiger partial charge is 0.257 e. The fourth-order valence-electron chi connectivity index (χ4n) is 2.84. The number of carbonyl (C=O) groups is 1. The highest BCUT2D eigenvalue weighted by Crippen LogP contribution is 2.31. The number of hydrogen-bond acceptors (Lipinski definition) is 4. The lowest BCUT2D eigenvalue weighted by Gasteiger charge is -2.15. The molecule has 1 fully saturated rings. The molecule has 1 amide bonds. The van der Waals surface area contributed by atoms with Crippen LogP contribution in [0.15, 0.2) is 65.2 Å². The van der Waals surface area contributed by atoms with Gasteiger partial charge in [-0.3, -0.25) is 4.79 Å². The minimum Gasteiger partial charge on any atom is -0.334 e. The van der Waals surface area contributed by atoms with Crippen molar-refractivity contribution in [2.24, 2.45) is 0 Å². The first kappa shape index (κ1) is 13.7. The molecule has 2 aromatic carbocycles. The van der Waals surface area contributed by atoms with E-state index in [0.717, 1.165) is 11.3 Å². The maximum Gasteiger partial charge on any atom is 0.257 e. The molecule has 5 nitrogen and oxygen atoms in total. The number of carbonyl (C=O) groups excluding carboxylic acids is 1. The summed E-state index contributed by atoms with van der Waals surface area (Å²) in [5.74, 6) is 1.14. The number of para-hydroxylation sites is 1. The van der Waals surface area contributed by atoms with Crippen molar-refractivity contribution in [3.8, 4) is 11.5 Å². The van der Waals surface area contributed by atoms with E-state index >= 15 is 0 Å². The van der Waals surface area contributed by atoms with Crippen molar-refractivity contribution >= 4 is 11.6 Å². The molecule has 0 N–H and O–H groups in total. The van der Waals surface area contributed by atoms with E-state index in [2.05, 4.69) is 10.1 Å². The molecule has 5 heteroatoms. The number of hydrogen-bond donors (Lipinski definition) is 0. The van der Waals surface area contributed by atoms with Gasteiger partial charge in [0.25, 0.3) is 5.89 Å². The molecule has 114 valence electrons. The molecule has 4 rings (SSSR count). The zero-order valence-corrected chi connectivity index (χ0v) is 12.4. The maximum absolute atomic E-state index is 12.3. The van der Waals surface area contributed by atoms with Crippen LogP contribution in [0.2, 0.25) is 0 Å². The zero-order valence-electron chi connectivity index (χ0n) is 12.4. The Kier molecular flexibility index (Phi) is 3.38. The number of aromatic nitrogens is 2. The van der Waals surface area contributed by atoms with E-state index in [-0.39, 0.29) is 11.8 Å². The van der Waals surface area contributed by atoms with Gasteiger partial charge in [0.2, 0.25) is 5.91 Å². The molecule has 0 bridgehead atoms. The number of anilines is 1. The minimum absolute atomic E-state index is 0.0380. The molecule has 1 unspecified atom stereocenters. The van der Waals surface area contributed by atoms with Crippen molar-refractivity contribution < 1.29 is 9.32 Å². The summed E-state index contributed by atoms with van der Waals surface area (Å²) in [6.07, 6.45) is 0.405. The summed E-state index contributed by atoms with van der Waals surface area (Å²) < 4.78 is 5.35. The van der Waals surface area contributed by atoms with E-state index in [0.29, 0.717) is 24.7 Å². The number of amides is 1. The third kappa shape index (κ3) is 2.61. The molecule has 1 aromatic heterocycles. The van der Waals surface area contributed by atoms with E-state index in [1.807, 2.05) is 60.7 Å². The molecular formula is C18H15N3O2. The van der Waals surface area contributed by atoms with Gasteiger partial charge in [-0.2, -0.15) is 4.98 Å². The van der Waals surface area contributed by atoms with Crippen LogP contribution in [-0.4, -0.2) is 22.6 Å². The summed E-state index contributed by atoms with van der Waals surface area (Å²) in [4.78, 5) is 18.5. The van der Waals surface area contributed by atoms with Crippen molar-refractivity contribution in [3.05, 3.63) is 66.5 Å². The van der Waals surface area contributed by atoms with Crippen LogP contribution in [-0.2, 0) is 4.79 Å². The molecule has 1 saturated heterocycles. The third-order valence-electron chi connectivity index (χ3n) is 4.02. The Morgan fingerprint density at radius 1 is 1.00 bits per heavy atom. The van der Waals surface area contributed by atoms with Crippen molar-refractivity contribution in [2.75, 3.05) is 11.4 Å². The Bertz CT molecular complexity index is 815. The van der Waals surface area contributed by atoms with E-state index in [1.54, 1.807) is 4.90 Å². The molecule has 3 aromatic rings. The van der Waals surface area contributed by atoms with Gasteiger partial charge < -0.3 is 9.42 Å². The lowest BCUT2D eigenvalue weighted by molar-refractivity contribution is -0.117. The van der Waals surface area contributed by atoms with Gasteiger partial charge >= 0.3 is 0 Å². The second-order valence-corrected chi connectivity index (χ2v) is 5.56. The molecule has 0 aliphatic carbocycles. The molecule has 2 heterocycles. The Morgan fingerprint density at radius 3 is 2.43 bits per heavy atom. The number of nitrogens with zero attached hydrogens (tertiary/aromatic N) is 3. The van der Waals surface area contributed by atoms with Crippen molar-refractivity contribution in [2.45, 2.75) is 12.3 Å². The second kappa shape index (κ2) is 5.68. The number of rotatable bonds is 3. The molecule has 1 atom stereocenters. The molecule has 0 spiro atoms. The summed E-state index contributed by atoms with van der Waals surface area (Å²) in [7, 11) is 0. The predicted molar refractivity (Wildman–Crippen MR) is 85.9 cm³/mol. The summed E-state index contributed by atoms with van der Waals surface area (Å²) in [5.41, 5.74) is 1.79. The maximum atomic E-state index is 12.3. The van der Waals surface area contributed by atoms with Gasteiger partial charge in [0.15, 0.2) is 5.82 Å².